The lowest BCUT2D eigenvalue weighted by Crippen LogP contribution is -2.34. The minimum Gasteiger partial charge on any atom is -0.325 e. The molecular weight excluding hydrogens is 291 g/mol. The van der Waals surface area contributed by atoms with E-state index in [2.05, 4.69) is 5.32 Å². The van der Waals surface area contributed by atoms with Gasteiger partial charge in [0.05, 0.1) is 15.8 Å². The zero-order valence-electron chi connectivity index (χ0n) is 9.95. The Morgan fingerprint density at radius 1 is 1.44 bits per heavy atom. The van der Waals surface area contributed by atoms with E-state index >= 15 is 0 Å². The first kappa shape index (κ1) is 14.0. The number of likely N-dealkylation sites (N-methyl/N-ethyl adjacent to an activating group) is 1. The molecule has 3 nitrogen and oxygen atoms in total. The molecule has 1 heterocycles. The standard InChI is InChI=1S/C12H14Cl2N2OS/c1-15-4-5-16-11(17)7-18-12(16)8-2-3-9(13)10(14)6-8/h2-3,6,12,15H,4-5,7H2,1H3. The molecule has 0 saturated carbocycles. The van der Waals surface area contributed by atoms with Crippen LogP contribution in [-0.4, -0.2) is 36.7 Å². The number of thioether (sulfide) groups is 1. The molecule has 1 atom stereocenters. The van der Waals surface area contributed by atoms with Crippen LogP contribution in [0.15, 0.2) is 18.2 Å². The van der Waals surface area contributed by atoms with Gasteiger partial charge in [0.2, 0.25) is 5.91 Å². The highest BCUT2D eigenvalue weighted by atomic mass is 35.5. The topological polar surface area (TPSA) is 32.3 Å². The van der Waals surface area contributed by atoms with Crippen molar-refractivity contribution in [2.45, 2.75) is 5.37 Å². The zero-order chi connectivity index (χ0) is 13.1. The van der Waals surface area contributed by atoms with E-state index in [1.807, 2.05) is 24.1 Å². The van der Waals surface area contributed by atoms with Crippen LogP contribution in [0, 0.1) is 0 Å². The number of halogens is 2. The summed E-state index contributed by atoms with van der Waals surface area (Å²) in [4.78, 5) is 13.7. The molecule has 6 heteroatoms. The molecule has 98 valence electrons. The van der Waals surface area contributed by atoms with Crippen LogP contribution in [0.5, 0.6) is 0 Å². The van der Waals surface area contributed by atoms with Gasteiger partial charge in [-0.2, -0.15) is 0 Å². The lowest BCUT2D eigenvalue weighted by Gasteiger charge is -2.24. The number of hydrogen-bond donors (Lipinski definition) is 1. The van der Waals surface area contributed by atoms with Crippen molar-refractivity contribution in [3.05, 3.63) is 33.8 Å². The molecule has 1 aromatic carbocycles. The van der Waals surface area contributed by atoms with Crippen LogP contribution >= 0.6 is 35.0 Å². The Hall–Kier alpha value is -0.420. The van der Waals surface area contributed by atoms with Crippen molar-refractivity contribution >= 4 is 40.9 Å². The van der Waals surface area contributed by atoms with Gasteiger partial charge in [0.1, 0.15) is 5.37 Å². The molecule has 0 bridgehead atoms. The van der Waals surface area contributed by atoms with E-state index in [-0.39, 0.29) is 11.3 Å². The van der Waals surface area contributed by atoms with Crippen LogP contribution in [0.3, 0.4) is 0 Å². The largest absolute Gasteiger partial charge is 0.325 e. The molecule has 1 aliphatic rings. The van der Waals surface area contributed by atoms with Crippen LogP contribution in [0.1, 0.15) is 10.9 Å². The normalized spacial score (nSPS) is 19.6. The Morgan fingerprint density at radius 3 is 2.89 bits per heavy atom. The van der Waals surface area contributed by atoms with E-state index in [0.29, 0.717) is 22.3 Å². The summed E-state index contributed by atoms with van der Waals surface area (Å²) in [5.41, 5.74) is 1.02. The minimum absolute atomic E-state index is 0.0422. The smallest absolute Gasteiger partial charge is 0.233 e. The quantitative estimate of drug-likeness (QED) is 0.928. The molecule has 0 radical (unpaired) electrons. The molecule has 1 amide bonds. The van der Waals surface area contributed by atoms with Crippen LogP contribution in [0.2, 0.25) is 10.0 Å². The highest BCUT2D eigenvalue weighted by Crippen LogP contribution is 2.39. The molecule has 1 aromatic rings. The highest BCUT2D eigenvalue weighted by molar-refractivity contribution is 8.00. The van der Waals surface area contributed by atoms with Gasteiger partial charge in [-0.3, -0.25) is 4.79 Å². The first-order chi connectivity index (χ1) is 8.63. The highest BCUT2D eigenvalue weighted by Gasteiger charge is 2.32. The first-order valence-electron chi connectivity index (χ1n) is 5.64. The Kier molecular flexibility index (Phi) is 4.78. The number of carbonyl (C=O) groups excluding carboxylic acids is 1. The zero-order valence-corrected chi connectivity index (χ0v) is 12.3. The van der Waals surface area contributed by atoms with Crippen molar-refractivity contribution in [1.82, 2.24) is 10.2 Å². The molecule has 0 aromatic heterocycles. The van der Waals surface area contributed by atoms with Crippen LogP contribution in [-0.2, 0) is 4.79 Å². The van der Waals surface area contributed by atoms with E-state index in [0.717, 1.165) is 12.1 Å². The number of nitrogens with zero attached hydrogens (tertiary/aromatic N) is 1. The lowest BCUT2D eigenvalue weighted by molar-refractivity contribution is -0.127. The van der Waals surface area contributed by atoms with Gasteiger partial charge in [-0.15, -0.1) is 11.8 Å². The summed E-state index contributed by atoms with van der Waals surface area (Å²) in [5, 5.41) is 4.17. The SMILES string of the molecule is CNCCN1C(=O)CSC1c1ccc(Cl)c(Cl)c1. The van der Waals surface area contributed by atoms with Gasteiger partial charge in [0.15, 0.2) is 0 Å². The van der Waals surface area contributed by atoms with Crippen LogP contribution < -0.4 is 5.32 Å². The van der Waals surface area contributed by atoms with Crippen molar-refractivity contribution in [1.29, 1.82) is 0 Å². The van der Waals surface area contributed by atoms with Gasteiger partial charge in [-0.25, -0.2) is 0 Å². The number of carbonyl (C=O) groups is 1. The third kappa shape index (κ3) is 2.94. The van der Waals surface area contributed by atoms with Crippen molar-refractivity contribution in [3.63, 3.8) is 0 Å². The lowest BCUT2D eigenvalue weighted by atomic mass is 10.2. The summed E-state index contributed by atoms with van der Waals surface area (Å²) in [6.45, 7) is 1.48. The average Bonchev–Trinajstić information content (AvgIpc) is 2.72. The second kappa shape index (κ2) is 6.15. The van der Waals surface area contributed by atoms with Gasteiger partial charge in [-0.1, -0.05) is 29.3 Å². The maximum absolute atomic E-state index is 11.8. The van der Waals surface area contributed by atoms with Crippen molar-refractivity contribution in [2.75, 3.05) is 25.9 Å². The Bertz CT molecular complexity index is 456. The molecule has 2 rings (SSSR count). The van der Waals surface area contributed by atoms with Crippen molar-refractivity contribution in [3.8, 4) is 0 Å². The number of amides is 1. The molecule has 0 spiro atoms. The summed E-state index contributed by atoms with van der Waals surface area (Å²) in [7, 11) is 1.88. The monoisotopic (exact) mass is 304 g/mol. The summed E-state index contributed by atoms with van der Waals surface area (Å²) in [5.74, 6) is 0.695. The number of benzene rings is 1. The first-order valence-corrected chi connectivity index (χ1v) is 7.44. The molecular formula is C12H14Cl2N2OS. The summed E-state index contributed by atoms with van der Waals surface area (Å²) in [6, 6.07) is 5.54. The molecule has 1 fully saturated rings. The summed E-state index contributed by atoms with van der Waals surface area (Å²) < 4.78 is 0. The Labute approximate surface area is 121 Å². The minimum atomic E-state index is 0.0422. The molecule has 1 N–H and O–H groups in total. The number of rotatable bonds is 4. The Balaban J connectivity index is 2.19. The fourth-order valence-electron chi connectivity index (χ4n) is 1.87. The Morgan fingerprint density at radius 2 is 2.22 bits per heavy atom. The van der Waals surface area contributed by atoms with Crippen molar-refractivity contribution in [2.24, 2.45) is 0 Å². The van der Waals surface area contributed by atoms with Gasteiger partial charge in [0, 0.05) is 13.1 Å². The van der Waals surface area contributed by atoms with Gasteiger partial charge >= 0.3 is 0 Å². The second-order valence-corrected chi connectivity index (χ2v) is 5.91. The number of hydrogen-bond acceptors (Lipinski definition) is 3. The molecule has 1 aliphatic heterocycles. The van der Waals surface area contributed by atoms with E-state index in [1.54, 1.807) is 17.8 Å². The molecule has 1 unspecified atom stereocenters. The predicted molar refractivity (Wildman–Crippen MR) is 77.3 cm³/mol. The van der Waals surface area contributed by atoms with Gasteiger partial charge < -0.3 is 10.2 Å². The molecule has 18 heavy (non-hydrogen) atoms. The van der Waals surface area contributed by atoms with Gasteiger partial charge in [-0.05, 0) is 24.7 Å². The van der Waals surface area contributed by atoms with Crippen LogP contribution in [0.4, 0.5) is 0 Å². The van der Waals surface area contributed by atoms with E-state index in [4.69, 9.17) is 23.2 Å². The summed E-state index contributed by atoms with van der Waals surface area (Å²) in [6.07, 6.45) is 0. The maximum Gasteiger partial charge on any atom is 0.233 e. The predicted octanol–water partition coefficient (Wildman–Crippen LogP) is 2.79. The number of nitrogens with one attached hydrogen (secondary N) is 1. The fraction of sp³-hybridized carbons (Fsp3) is 0.417. The average molecular weight is 305 g/mol. The molecule has 1 saturated heterocycles. The van der Waals surface area contributed by atoms with E-state index in [1.165, 1.54) is 0 Å². The summed E-state index contributed by atoms with van der Waals surface area (Å²) >= 11 is 13.6. The van der Waals surface area contributed by atoms with E-state index < -0.39 is 0 Å². The fourth-order valence-corrected chi connectivity index (χ4v) is 3.39. The van der Waals surface area contributed by atoms with Crippen LogP contribution in [0.25, 0.3) is 0 Å². The third-order valence-corrected chi connectivity index (χ3v) is 4.79. The second-order valence-electron chi connectivity index (χ2n) is 4.03. The van der Waals surface area contributed by atoms with Gasteiger partial charge in [0.25, 0.3) is 0 Å². The molecule has 0 aliphatic carbocycles. The maximum atomic E-state index is 11.8. The third-order valence-electron chi connectivity index (χ3n) is 2.80. The van der Waals surface area contributed by atoms with E-state index in [9.17, 15) is 4.79 Å². The van der Waals surface area contributed by atoms with Crippen molar-refractivity contribution < 1.29 is 4.79 Å².